The van der Waals surface area contributed by atoms with Gasteiger partial charge in [0.1, 0.15) is 4.90 Å². The molecule has 1 saturated heterocycles. The number of halogens is 2. The molecule has 0 N–H and O–H groups in total. The SMILES string of the molecule is Cc1cc(S(=O)(=O)N2CCCC2)c(Cl)cc1Br. The third kappa shape index (κ3) is 2.52. The van der Waals surface area contributed by atoms with E-state index in [2.05, 4.69) is 15.9 Å². The molecule has 6 heteroatoms. The maximum atomic E-state index is 12.3. The number of hydrogen-bond acceptors (Lipinski definition) is 2. The lowest BCUT2D eigenvalue weighted by Gasteiger charge is -2.17. The zero-order chi connectivity index (χ0) is 12.6. The van der Waals surface area contributed by atoms with Crippen molar-refractivity contribution < 1.29 is 8.42 Å². The Balaban J connectivity index is 2.49. The second-order valence-electron chi connectivity index (χ2n) is 4.14. The fourth-order valence-electron chi connectivity index (χ4n) is 1.90. The minimum Gasteiger partial charge on any atom is -0.207 e. The molecule has 0 bridgehead atoms. The molecular formula is C11H13BrClNO2S. The summed E-state index contributed by atoms with van der Waals surface area (Å²) in [4.78, 5) is 0.210. The molecule has 0 aliphatic carbocycles. The van der Waals surface area contributed by atoms with E-state index in [1.54, 1.807) is 12.1 Å². The van der Waals surface area contributed by atoms with Crippen molar-refractivity contribution in [2.24, 2.45) is 0 Å². The van der Waals surface area contributed by atoms with Gasteiger partial charge >= 0.3 is 0 Å². The lowest BCUT2D eigenvalue weighted by molar-refractivity contribution is 0.477. The van der Waals surface area contributed by atoms with E-state index in [1.165, 1.54) is 4.31 Å². The Labute approximate surface area is 115 Å². The molecular weight excluding hydrogens is 326 g/mol. The summed E-state index contributed by atoms with van der Waals surface area (Å²) in [5.41, 5.74) is 0.868. The Bertz CT molecular complexity index is 539. The van der Waals surface area contributed by atoms with Gasteiger partial charge in [0, 0.05) is 17.6 Å². The van der Waals surface area contributed by atoms with Crippen molar-refractivity contribution in [1.29, 1.82) is 0 Å². The summed E-state index contributed by atoms with van der Waals surface area (Å²) in [5, 5.41) is 0.273. The van der Waals surface area contributed by atoms with Crippen molar-refractivity contribution in [2.45, 2.75) is 24.7 Å². The summed E-state index contributed by atoms with van der Waals surface area (Å²) < 4.78 is 27.0. The molecule has 1 aromatic rings. The van der Waals surface area contributed by atoms with E-state index in [9.17, 15) is 8.42 Å². The molecule has 0 saturated carbocycles. The van der Waals surface area contributed by atoms with Crippen LogP contribution in [0.15, 0.2) is 21.5 Å². The van der Waals surface area contributed by atoms with Crippen LogP contribution in [0.5, 0.6) is 0 Å². The van der Waals surface area contributed by atoms with Crippen molar-refractivity contribution in [3.05, 3.63) is 27.2 Å². The highest BCUT2D eigenvalue weighted by atomic mass is 79.9. The summed E-state index contributed by atoms with van der Waals surface area (Å²) >= 11 is 9.37. The molecule has 0 spiro atoms. The fraction of sp³-hybridized carbons (Fsp3) is 0.455. The topological polar surface area (TPSA) is 37.4 Å². The van der Waals surface area contributed by atoms with Crippen LogP contribution >= 0.6 is 27.5 Å². The third-order valence-corrected chi connectivity index (χ3v) is 6.11. The van der Waals surface area contributed by atoms with Crippen LogP contribution in [0.2, 0.25) is 5.02 Å². The van der Waals surface area contributed by atoms with Gasteiger partial charge in [-0.05, 0) is 37.5 Å². The average molecular weight is 339 g/mol. The third-order valence-electron chi connectivity index (χ3n) is 2.90. The first-order valence-electron chi connectivity index (χ1n) is 5.39. The first-order valence-corrected chi connectivity index (χ1v) is 8.00. The highest BCUT2D eigenvalue weighted by Gasteiger charge is 2.29. The number of aryl methyl sites for hydroxylation is 1. The van der Waals surface area contributed by atoms with Gasteiger partial charge in [-0.25, -0.2) is 8.42 Å². The average Bonchev–Trinajstić information content (AvgIpc) is 2.77. The van der Waals surface area contributed by atoms with Gasteiger partial charge < -0.3 is 0 Å². The largest absolute Gasteiger partial charge is 0.244 e. The molecule has 2 rings (SSSR count). The summed E-state index contributed by atoms with van der Waals surface area (Å²) in [7, 11) is -3.43. The van der Waals surface area contributed by atoms with Crippen molar-refractivity contribution in [3.63, 3.8) is 0 Å². The lowest BCUT2D eigenvalue weighted by Crippen LogP contribution is -2.28. The highest BCUT2D eigenvalue weighted by Crippen LogP contribution is 2.31. The molecule has 94 valence electrons. The number of sulfonamides is 1. The summed E-state index contributed by atoms with van der Waals surface area (Å²) in [5.74, 6) is 0. The smallest absolute Gasteiger partial charge is 0.207 e. The zero-order valence-corrected chi connectivity index (χ0v) is 12.6. The van der Waals surface area contributed by atoms with Gasteiger partial charge in [-0.1, -0.05) is 27.5 Å². The molecule has 17 heavy (non-hydrogen) atoms. The number of rotatable bonds is 2. The van der Waals surface area contributed by atoms with Crippen LogP contribution in [0.3, 0.4) is 0 Å². The van der Waals surface area contributed by atoms with Crippen LogP contribution in [0.4, 0.5) is 0 Å². The van der Waals surface area contributed by atoms with Crippen molar-refractivity contribution in [1.82, 2.24) is 4.31 Å². The van der Waals surface area contributed by atoms with Crippen LogP contribution in [-0.2, 0) is 10.0 Å². The molecule has 0 unspecified atom stereocenters. The van der Waals surface area contributed by atoms with Gasteiger partial charge in [0.2, 0.25) is 10.0 Å². The Morgan fingerprint density at radius 1 is 1.29 bits per heavy atom. The van der Waals surface area contributed by atoms with Crippen LogP contribution in [0.25, 0.3) is 0 Å². The van der Waals surface area contributed by atoms with Gasteiger partial charge in [0.15, 0.2) is 0 Å². The Kier molecular flexibility index (Phi) is 3.83. The molecule has 1 heterocycles. The van der Waals surface area contributed by atoms with E-state index in [4.69, 9.17) is 11.6 Å². The van der Waals surface area contributed by atoms with Crippen LogP contribution in [0.1, 0.15) is 18.4 Å². The first kappa shape index (κ1) is 13.3. The predicted molar refractivity (Wildman–Crippen MR) is 71.9 cm³/mol. The maximum absolute atomic E-state index is 12.3. The standard InChI is InChI=1S/C11H13BrClNO2S/c1-8-6-11(10(13)7-9(8)12)17(15,16)14-4-2-3-5-14/h6-7H,2-5H2,1H3. The molecule has 0 radical (unpaired) electrons. The fourth-order valence-corrected chi connectivity index (χ4v) is 4.48. The summed E-state index contributed by atoms with van der Waals surface area (Å²) in [6.07, 6.45) is 1.85. The monoisotopic (exact) mass is 337 g/mol. The summed E-state index contributed by atoms with van der Waals surface area (Å²) in [6.45, 7) is 3.03. The van der Waals surface area contributed by atoms with Gasteiger partial charge in [0.25, 0.3) is 0 Å². The zero-order valence-electron chi connectivity index (χ0n) is 9.41. The first-order chi connectivity index (χ1) is 7.93. The van der Waals surface area contributed by atoms with E-state index in [0.29, 0.717) is 13.1 Å². The summed E-state index contributed by atoms with van der Waals surface area (Å²) in [6, 6.07) is 3.26. The van der Waals surface area contributed by atoms with E-state index in [-0.39, 0.29) is 9.92 Å². The normalized spacial score (nSPS) is 17.6. The Morgan fingerprint density at radius 2 is 1.88 bits per heavy atom. The number of hydrogen-bond donors (Lipinski definition) is 0. The molecule has 1 aliphatic heterocycles. The minimum atomic E-state index is -3.43. The van der Waals surface area contributed by atoms with E-state index in [1.807, 2.05) is 6.92 Å². The van der Waals surface area contributed by atoms with Crippen LogP contribution < -0.4 is 0 Å². The molecule has 1 aliphatic rings. The quantitative estimate of drug-likeness (QED) is 0.830. The van der Waals surface area contributed by atoms with Gasteiger partial charge in [0.05, 0.1) is 5.02 Å². The molecule has 0 atom stereocenters. The van der Waals surface area contributed by atoms with Crippen molar-refractivity contribution >= 4 is 37.6 Å². The van der Waals surface area contributed by atoms with E-state index in [0.717, 1.165) is 22.9 Å². The van der Waals surface area contributed by atoms with Crippen LogP contribution in [0, 0.1) is 6.92 Å². The van der Waals surface area contributed by atoms with Crippen LogP contribution in [-0.4, -0.2) is 25.8 Å². The predicted octanol–water partition coefficient (Wildman–Crippen LogP) is 3.20. The van der Waals surface area contributed by atoms with E-state index >= 15 is 0 Å². The van der Waals surface area contributed by atoms with E-state index < -0.39 is 10.0 Å². The second-order valence-corrected chi connectivity index (χ2v) is 7.31. The molecule has 1 fully saturated rings. The van der Waals surface area contributed by atoms with Gasteiger partial charge in [-0.2, -0.15) is 4.31 Å². The van der Waals surface area contributed by atoms with Gasteiger partial charge in [-0.15, -0.1) is 0 Å². The number of benzene rings is 1. The van der Waals surface area contributed by atoms with Gasteiger partial charge in [-0.3, -0.25) is 0 Å². The lowest BCUT2D eigenvalue weighted by atomic mass is 10.2. The number of nitrogens with zero attached hydrogens (tertiary/aromatic N) is 1. The Morgan fingerprint density at radius 3 is 2.47 bits per heavy atom. The maximum Gasteiger partial charge on any atom is 0.244 e. The van der Waals surface area contributed by atoms with Crippen molar-refractivity contribution in [2.75, 3.05) is 13.1 Å². The Hall–Kier alpha value is -0.100. The molecule has 0 aromatic heterocycles. The van der Waals surface area contributed by atoms with Crippen molar-refractivity contribution in [3.8, 4) is 0 Å². The minimum absolute atomic E-state index is 0.210. The highest BCUT2D eigenvalue weighted by molar-refractivity contribution is 9.10. The molecule has 3 nitrogen and oxygen atoms in total. The molecule has 0 amide bonds. The molecule has 1 aromatic carbocycles. The second kappa shape index (κ2) is 4.88.